The molecule has 0 aromatic carbocycles. The lowest BCUT2D eigenvalue weighted by Crippen LogP contribution is -2.42. The highest BCUT2D eigenvalue weighted by Crippen LogP contribution is 2.26. The maximum absolute atomic E-state index is 3.72. The van der Waals surface area contributed by atoms with Crippen LogP contribution in [0.2, 0.25) is 0 Å². The molecule has 1 aliphatic carbocycles. The van der Waals surface area contributed by atoms with Gasteiger partial charge in [0.15, 0.2) is 0 Å². The Morgan fingerprint density at radius 3 is 2.53 bits per heavy atom. The van der Waals surface area contributed by atoms with Gasteiger partial charge in [0.1, 0.15) is 0 Å². The number of hydrogen-bond donors (Lipinski definition) is 1. The quantitative estimate of drug-likeness (QED) is 0.733. The Kier molecular flexibility index (Phi) is 4.87. The Bertz CT molecular complexity index is 223. The van der Waals surface area contributed by atoms with Crippen LogP contribution in [0.5, 0.6) is 0 Å². The minimum atomic E-state index is 0.796. The second-order valence-electron chi connectivity index (χ2n) is 6.41. The number of nitrogens with one attached hydrogen (secondary N) is 1. The minimum absolute atomic E-state index is 0.796. The number of rotatable bonds is 7. The van der Waals surface area contributed by atoms with Gasteiger partial charge >= 0.3 is 0 Å². The molecule has 2 unspecified atom stereocenters. The minimum Gasteiger partial charge on any atom is -0.312 e. The maximum atomic E-state index is 3.72. The standard InChI is InChI=1S/C15H30N2/c1-4-5-15(10-16-14-6-7-14)17-9-8-13(11-17)12(2)3/h12-16H,4-11H2,1-3H3. The summed E-state index contributed by atoms with van der Waals surface area (Å²) in [6.07, 6.45) is 6.92. The monoisotopic (exact) mass is 238 g/mol. The summed E-state index contributed by atoms with van der Waals surface area (Å²) in [7, 11) is 0. The van der Waals surface area contributed by atoms with Gasteiger partial charge in [0, 0.05) is 25.2 Å². The highest BCUT2D eigenvalue weighted by Gasteiger charge is 2.30. The van der Waals surface area contributed by atoms with Crippen molar-refractivity contribution in [3.8, 4) is 0 Å². The van der Waals surface area contributed by atoms with Crippen molar-refractivity contribution >= 4 is 0 Å². The first-order valence-electron chi connectivity index (χ1n) is 7.68. The van der Waals surface area contributed by atoms with Gasteiger partial charge in [-0.1, -0.05) is 27.2 Å². The molecule has 1 heterocycles. The van der Waals surface area contributed by atoms with Crippen molar-refractivity contribution in [2.75, 3.05) is 19.6 Å². The van der Waals surface area contributed by atoms with Crippen LogP contribution in [0.1, 0.15) is 52.9 Å². The van der Waals surface area contributed by atoms with E-state index in [9.17, 15) is 0 Å². The first kappa shape index (κ1) is 13.4. The molecule has 2 fully saturated rings. The van der Waals surface area contributed by atoms with Crippen molar-refractivity contribution in [2.24, 2.45) is 11.8 Å². The third-order valence-electron chi connectivity index (χ3n) is 4.56. The van der Waals surface area contributed by atoms with Crippen molar-refractivity contribution in [1.82, 2.24) is 10.2 Å². The number of hydrogen-bond acceptors (Lipinski definition) is 2. The first-order chi connectivity index (χ1) is 8.20. The van der Waals surface area contributed by atoms with E-state index in [1.807, 2.05) is 0 Å². The Morgan fingerprint density at radius 2 is 2.00 bits per heavy atom. The fourth-order valence-electron chi connectivity index (χ4n) is 3.03. The van der Waals surface area contributed by atoms with Gasteiger partial charge in [0.05, 0.1) is 0 Å². The normalized spacial score (nSPS) is 27.9. The van der Waals surface area contributed by atoms with E-state index in [-0.39, 0.29) is 0 Å². The highest BCUT2D eigenvalue weighted by molar-refractivity contribution is 4.87. The van der Waals surface area contributed by atoms with Crippen molar-refractivity contribution in [1.29, 1.82) is 0 Å². The average molecular weight is 238 g/mol. The summed E-state index contributed by atoms with van der Waals surface area (Å²) in [5, 5.41) is 3.72. The smallest absolute Gasteiger partial charge is 0.0220 e. The molecular formula is C15H30N2. The van der Waals surface area contributed by atoms with Crippen molar-refractivity contribution in [2.45, 2.75) is 65.0 Å². The van der Waals surface area contributed by atoms with Crippen LogP contribution in [0.25, 0.3) is 0 Å². The lowest BCUT2D eigenvalue weighted by Gasteiger charge is -2.28. The lowest BCUT2D eigenvalue weighted by molar-refractivity contribution is 0.207. The molecule has 2 atom stereocenters. The maximum Gasteiger partial charge on any atom is 0.0220 e. The van der Waals surface area contributed by atoms with Crippen LogP contribution in [-0.4, -0.2) is 36.6 Å². The average Bonchev–Trinajstić information content (AvgIpc) is 2.98. The van der Waals surface area contributed by atoms with E-state index >= 15 is 0 Å². The Labute approximate surface area is 107 Å². The van der Waals surface area contributed by atoms with Crippen molar-refractivity contribution in [3.63, 3.8) is 0 Å². The molecule has 2 aliphatic rings. The second kappa shape index (κ2) is 6.19. The fourth-order valence-corrected chi connectivity index (χ4v) is 3.03. The van der Waals surface area contributed by atoms with Crippen LogP contribution in [0.15, 0.2) is 0 Å². The van der Waals surface area contributed by atoms with Gasteiger partial charge in [-0.05, 0) is 44.1 Å². The third kappa shape index (κ3) is 3.96. The Morgan fingerprint density at radius 1 is 1.24 bits per heavy atom. The van der Waals surface area contributed by atoms with Crippen LogP contribution in [0, 0.1) is 11.8 Å². The van der Waals surface area contributed by atoms with Gasteiger partial charge in [-0.25, -0.2) is 0 Å². The summed E-state index contributed by atoms with van der Waals surface area (Å²) in [5.41, 5.74) is 0. The number of likely N-dealkylation sites (tertiary alicyclic amines) is 1. The van der Waals surface area contributed by atoms with Crippen LogP contribution in [0.3, 0.4) is 0 Å². The molecule has 1 N–H and O–H groups in total. The molecule has 0 spiro atoms. The highest BCUT2D eigenvalue weighted by atomic mass is 15.2. The molecule has 0 amide bonds. The molecule has 17 heavy (non-hydrogen) atoms. The lowest BCUT2D eigenvalue weighted by atomic mass is 9.95. The topological polar surface area (TPSA) is 15.3 Å². The van der Waals surface area contributed by atoms with E-state index in [0.29, 0.717) is 0 Å². The summed E-state index contributed by atoms with van der Waals surface area (Å²) >= 11 is 0. The summed E-state index contributed by atoms with van der Waals surface area (Å²) in [6.45, 7) is 11.0. The predicted octanol–water partition coefficient (Wildman–Crippen LogP) is 2.89. The van der Waals surface area contributed by atoms with Gasteiger partial charge in [0.25, 0.3) is 0 Å². The molecule has 0 aromatic heterocycles. The van der Waals surface area contributed by atoms with E-state index in [0.717, 1.165) is 23.9 Å². The van der Waals surface area contributed by atoms with Gasteiger partial charge in [0.2, 0.25) is 0 Å². The van der Waals surface area contributed by atoms with Gasteiger partial charge < -0.3 is 5.32 Å². The number of nitrogens with zero attached hydrogens (tertiary/aromatic N) is 1. The van der Waals surface area contributed by atoms with E-state index in [2.05, 4.69) is 31.0 Å². The largest absolute Gasteiger partial charge is 0.312 e. The van der Waals surface area contributed by atoms with Crippen LogP contribution < -0.4 is 5.32 Å². The zero-order valence-corrected chi connectivity index (χ0v) is 11.9. The molecule has 1 saturated carbocycles. The molecule has 0 aromatic rings. The summed E-state index contributed by atoms with van der Waals surface area (Å²) in [6, 6.07) is 1.65. The third-order valence-corrected chi connectivity index (χ3v) is 4.56. The summed E-state index contributed by atoms with van der Waals surface area (Å²) in [5.74, 6) is 1.80. The fraction of sp³-hybridized carbons (Fsp3) is 1.00. The summed E-state index contributed by atoms with van der Waals surface area (Å²) < 4.78 is 0. The van der Waals surface area contributed by atoms with E-state index in [1.165, 1.54) is 51.7 Å². The molecule has 100 valence electrons. The van der Waals surface area contributed by atoms with Crippen LogP contribution >= 0.6 is 0 Å². The second-order valence-corrected chi connectivity index (χ2v) is 6.41. The van der Waals surface area contributed by atoms with E-state index < -0.39 is 0 Å². The summed E-state index contributed by atoms with van der Waals surface area (Å²) in [4.78, 5) is 2.75. The molecule has 1 saturated heterocycles. The van der Waals surface area contributed by atoms with Crippen LogP contribution in [-0.2, 0) is 0 Å². The van der Waals surface area contributed by atoms with Gasteiger partial charge in [-0.15, -0.1) is 0 Å². The molecule has 2 heteroatoms. The molecule has 2 nitrogen and oxygen atoms in total. The molecule has 1 aliphatic heterocycles. The van der Waals surface area contributed by atoms with Gasteiger partial charge in [-0.2, -0.15) is 0 Å². The molecule has 0 radical (unpaired) electrons. The predicted molar refractivity (Wildman–Crippen MR) is 74.2 cm³/mol. The first-order valence-corrected chi connectivity index (χ1v) is 7.68. The SMILES string of the molecule is CCCC(CNC1CC1)N1CCC(C(C)C)C1. The van der Waals surface area contributed by atoms with Crippen LogP contribution in [0.4, 0.5) is 0 Å². The molecule has 0 bridgehead atoms. The zero-order valence-electron chi connectivity index (χ0n) is 11.9. The van der Waals surface area contributed by atoms with Crippen molar-refractivity contribution in [3.05, 3.63) is 0 Å². The van der Waals surface area contributed by atoms with Crippen molar-refractivity contribution < 1.29 is 0 Å². The van der Waals surface area contributed by atoms with E-state index in [4.69, 9.17) is 0 Å². The Hall–Kier alpha value is -0.0800. The molecular weight excluding hydrogens is 208 g/mol. The zero-order chi connectivity index (χ0) is 12.3. The van der Waals surface area contributed by atoms with E-state index in [1.54, 1.807) is 0 Å². The van der Waals surface area contributed by atoms with Gasteiger partial charge in [-0.3, -0.25) is 4.90 Å². The Balaban J connectivity index is 1.78. The molecule has 2 rings (SSSR count).